The number of amides is 2. The van der Waals surface area contributed by atoms with Crippen LogP contribution < -0.4 is 0 Å². The second-order valence-electron chi connectivity index (χ2n) is 9.22. The first-order valence-electron chi connectivity index (χ1n) is 11.5. The van der Waals surface area contributed by atoms with E-state index in [1.807, 2.05) is 73.7 Å². The van der Waals surface area contributed by atoms with Crippen molar-refractivity contribution in [3.63, 3.8) is 0 Å². The number of aromatic amines is 1. The van der Waals surface area contributed by atoms with Crippen LogP contribution in [0.25, 0.3) is 10.9 Å². The first-order chi connectivity index (χ1) is 16.5. The van der Waals surface area contributed by atoms with Crippen LogP contribution in [-0.2, 0) is 22.6 Å². The molecule has 34 heavy (non-hydrogen) atoms. The van der Waals surface area contributed by atoms with Crippen LogP contribution in [-0.4, -0.2) is 39.2 Å². The van der Waals surface area contributed by atoms with Gasteiger partial charge in [0.15, 0.2) is 0 Å². The summed E-state index contributed by atoms with van der Waals surface area (Å²) in [6.45, 7) is 2.54. The Balaban J connectivity index is 1.44. The first kappa shape index (κ1) is 21.0. The van der Waals surface area contributed by atoms with Gasteiger partial charge >= 0.3 is 0 Å². The Morgan fingerprint density at radius 1 is 0.971 bits per heavy atom. The maximum absolute atomic E-state index is 13.8. The van der Waals surface area contributed by atoms with Gasteiger partial charge in [0.05, 0.1) is 6.04 Å². The monoisotopic (exact) mass is 469 g/mol. The molecule has 2 amide bonds. The molecular formula is C28H24ClN3O2. The molecule has 0 spiro atoms. The number of aromatic nitrogens is 1. The van der Waals surface area contributed by atoms with Crippen molar-refractivity contribution in [2.24, 2.45) is 0 Å². The van der Waals surface area contributed by atoms with E-state index >= 15 is 0 Å². The predicted molar refractivity (Wildman–Crippen MR) is 133 cm³/mol. The van der Waals surface area contributed by atoms with E-state index in [1.165, 1.54) is 5.56 Å². The highest BCUT2D eigenvalue weighted by Gasteiger charge is 2.48. The zero-order valence-corrected chi connectivity index (χ0v) is 19.5. The summed E-state index contributed by atoms with van der Waals surface area (Å²) in [5.41, 5.74) is 6.24. The summed E-state index contributed by atoms with van der Waals surface area (Å²) in [5.74, 6) is -0.0453. The predicted octanol–water partition coefficient (Wildman–Crippen LogP) is 5.01. The number of hydrogen-bond acceptors (Lipinski definition) is 2. The summed E-state index contributed by atoms with van der Waals surface area (Å²) < 4.78 is 0. The van der Waals surface area contributed by atoms with Gasteiger partial charge in [0.2, 0.25) is 11.8 Å². The number of H-pyrrole nitrogens is 1. The minimum Gasteiger partial charge on any atom is -0.356 e. The lowest BCUT2D eigenvalue weighted by atomic mass is 9.86. The smallest absolute Gasteiger partial charge is 0.246 e. The molecule has 2 aliphatic rings. The molecule has 170 valence electrons. The Labute approximate surface area is 202 Å². The van der Waals surface area contributed by atoms with Crippen LogP contribution in [0.2, 0.25) is 5.02 Å². The molecule has 5 nitrogen and oxygen atoms in total. The Bertz CT molecular complexity index is 1410. The van der Waals surface area contributed by atoms with Gasteiger partial charge < -0.3 is 14.8 Å². The van der Waals surface area contributed by atoms with Crippen LogP contribution in [0.5, 0.6) is 0 Å². The molecule has 3 aromatic carbocycles. The average Bonchev–Trinajstić information content (AvgIpc) is 3.21. The van der Waals surface area contributed by atoms with Crippen LogP contribution in [0, 0.1) is 6.92 Å². The second kappa shape index (κ2) is 8.03. The van der Waals surface area contributed by atoms with Crippen LogP contribution in [0.4, 0.5) is 0 Å². The Hall–Kier alpha value is -3.57. The number of rotatable bonds is 3. The molecule has 4 aromatic rings. The molecule has 0 unspecified atom stereocenters. The summed E-state index contributed by atoms with van der Waals surface area (Å²) in [6, 6.07) is 22.9. The zero-order chi connectivity index (χ0) is 23.4. The minimum atomic E-state index is -0.543. The molecule has 3 heterocycles. The Kier molecular flexibility index (Phi) is 4.96. The fourth-order valence-corrected chi connectivity index (χ4v) is 5.49. The van der Waals surface area contributed by atoms with Crippen molar-refractivity contribution in [1.82, 2.24) is 14.8 Å². The van der Waals surface area contributed by atoms with Crippen molar-refractivity contribution in [3.8, 4) is 0 Å². The summed E-state index contributed by atoms with van der Waals surface area (Å²) in [5, 5.41) is 1.74. The number of nitrogens with zero attached hydrogens (tertiary/aromatic N) is 2. The van der Waals surface area contributed by atoms with Crippen LogP contribution in [0.15, 0.2) is 72.8 Å². The lowest BCUT2D eigenvalue weighted by Gasteiger charge is -2.47. The van der Waals surface area contributed by atoms with Crippen molar-refractivity contribution in [3.05, 3.63) is 106 Å². The van der Waals surface area contributed by atoms with Crippen LogP contribution in [0.1, 0.15) is 34.0 Å². The molecule has 0 saturated carbocycles. The number of carbonyl (C=O) groups is 2. The molecular weight excluding hydrogens is 446 g/mol. The number of benzene rings is 3. The molecule has 2 atom stereocenters. The highest BCUT2D eigenvalue weighted by atomic mass is 35.5. The molecule has 2 aliphatic heterocycles. The van der Waals surface area contributed by atoms with Gasteiger partial charge in [-0.15, -0.1) is 0 Å². The van der Waals surface area contributed by atoms with Crippen molar-refractivity contribution in [1.29, 1.82) is 0 Å². The van der Waals surface area contributed by atoms with Crippen LogP contribution >= 0.6 is 11.6 Å². The van der Waals surface area contributed by atoms with Gasteiger partial charge in [-0.05, 0) is 41.8 Å². The van der Waals surface area contributed by atoms with E-state index in [4.69, 9.17) is 11.6 Å². The van der Waals surface area contributed by atoms with E-state index in [0.717, 1.165) is 33.3 Å². The topological polar surface area (TPSA) is 56.4 Å². The van der Waals surface area contributed by atoms with E-state index < -0.39 is 6.04 Å². The van der Waals surface area contributed by atoms with E-state index in [-0.39, 0.29) is 24.4 Å². The third-order valence-electron chi connectivity index (χ3n) is 7.02. The summed E-state index contributed by atoms with van der Waals surface area (Å²) in [4.78, 5) is 34.4. The normalized spacial score (nSPS) is 19.9. The van der Waals surface area contributed by atoms with Crippen molar-refractivity contribution in [2.45, 2.75) is 32.0 Å². The number of para-hydroxylation sites is 1. The fraction of sp³-hybridized carbons (Fsp3) is 0.214. The zero-order valence-electron chi connectivity index (χ0n) is 18.8. The molecule has 6 heteroatoms. The standard InChI is InChI=1S/C28H24ClN3O2/c1-17-6-8-18(9-7-17)15-31-16-25(33)32-24(28(31)34)14-22-21-4-2-3-5-23(21)30-26(22)27(32)19-10-12-20(29)13-11-19/h2-13,24,27,30H,14-16H2,1H3/t24-,27-/m0/s1. The molecule has 1 fully saturated rings. The summed E-state index contributed by atoms with van der Waals surface area (Å²) in [7, 11) is 0. The molecule has 6 rings (SSSR count). The number of hydrogen-bond donors (Lipinski definition) is 1. The van der Waals surface area contributed by atoms with Gasteiger partial charge in [-0.2, -0.15) is 0 Å². The largest absolute Gasteiger partial charge is 0.356 e. The molecule has 1 saturated heterocycles. The second-order valence-corrected chi connectivity index (χ2v) is 9.65. The maximum atomic E-state index is 13.8. The summed E-state index contributed by atoms with van der Waals surface area (Å²) >= 11 is 6.16. The number of carbonyl (C=O) groups excluding carboxylic acids is 2. The van der Waals surface area contributed by atoms with E-state index in [2.05, 4.69) is 11.1 Å². The molecule has 1 N–H and O–H groups in total. The van der Waals surface area contributed by atoms with Gasteiger partial charge in [-0.25, -0.2) is 0 Å². The average molecular weight is 470 g/mol. The molecule has 1 aromatic heterocycles. The molecule has 0 bridgehead atoms. The van der Waals surface area contributed by atoms with E-state index in [0.29, 0.717) is 18.0 Å². The first-order valence-corrected chi connectivity index (χ1v) is 11.9. The highest BCUT2D eigenvalue weighted by molar-refractivity contribution is 6.30. The fourth-order valence-electron chi connectivity index (χ4n) is 5.36. The number of halogens is 1. The van der Waals surface area contributed by atoms with Gasteiger partial charge in [0, 0.05) is 34.6 Å². The lowest BCUT2D eigenvalue weighted by Crippen LogP contribution is -2.62. The number of nitrogens with one attached hydrogen (secondary N) is 1. The van der Waals surface area contributed by atoms with Gasteiger partial charge in [0.25, 0.3) is 0 Å². The van der Waals surface area contributed by atoms with Crippen molar-refractivity contribution >= 4 is 34.3 Å². The molecule has 0 radical (unpaired) electrons. The third kappa shape index (κ3) is 3.39. The van der Waals surface area contributed by atoms with E-state index in [1.54, 1.807) is 9.80 Å². The quantitative estimate of drug-likeness (QED) is 0.458. The third-order valence-corrected chi connectivity index (χ3v) is 7.27. The minimum absolute atomic E-state index is 0.00457. The maximum Gasteiger partial charge on any atom is 0.246 e. The Morgan fingerprint density at radius 3 is 2.47 bits per heavy atom. The Morgan fingerprint density at radius 2 is 1.71 bits per heavy atom. The van der Waals surface area contributed by atoms with Crippen LogP contribution in [0.3, 0.4) is 0 Å². The number of piperazine rings is 1. The van der Waals surface area contributed by atoms with E-state index in [9.17, 15) is 9.59 Å². The number of fused-ring (bicyclic) bond motifs is 4. The van der Waals surface area contributed by atoms with Gasteiger partial charge in [0.1, 0.15) is 12.6 Å². The van der Waals surface area contributed by atoms with Crippen molar-refractivity contribution < 1.29 is 9.59 Å². The van der Waals surface area contributed by atoms with Crippen molar-refractivity contribution in [2.75, 3.05) is 6.54 Å². The SMILES string of the molecule is Cc1ccc(CN2CC(=O)N3[C@@H](c4ccc(Cl)cc4)c4[nH]c5ccccc5c4C[C@H]3C2=O)cc1. The lowest BCUT2D eigenvalue weighted by molar-refractivity contribution is -0.159. The number of aryl methyl sites for hydroxylation is 1. The highest BCUT2D eigenvalue weighted by Crippen LogP contribution is 2.42. The molecule has 0 aliphatic carbocycles. The summed E-state index contributed by atoms with van der Waals surface area (Å²) in [6.07, 6.45) is 0.498. The van der Waals surface area contributed by atoms with Gasteiger partial charge in [-0.1, -0.05) is 71.8 Å². The van der Waals surface area contributed by atoms with Gasteiger partial charge in [-0.3, -0.25) is 9.59 Å².